The first kappa shape index (κ1) is 31.1. The molecule has 1 saturated carbocycles. The zero-order chi connectivity index (χ0) is 32.7. The lowest BCUT2D eigenvalue weighted by atomic mass is 9.81. The number of methoxy groups -OCH3 is 1. The minimum atomic E-state index is -1.88. The second-order valence-electron chi connectivity index (χ2n) is 10.4. The van der Waals surface area contributed by atoms with E-state index in [4.69, 9.17) is 18.6 Å². The Balaban J connectivity index is 1.62. The Morgan fingerprint density at radius 3 is 2.18 bits per heavy atom. The number of phenols is 6. The van der Waals surface area contributed by atoms with Gasteiger partial charge in [0.05, 0.1) is 18.8 Å². The van der Waals surface area contributed by atoms with Crippen molar-refractivity contribution in [3.8, 4) is 57.3 Å². The summed E-state index contributed by atoms with van der Waals surface area (Å²) in [4.78, 5) is 26.9. The number of fused-ring (bicyclic) bond motifs is 1. The van der Waals surface area contributed by atoms with Gasteiger partial charge in [-0.25, -0.2) is 4.79 Å². The summed E-state index contributed by atoms with van der Waals surface area (Å²) in [5.74, 6) is -7.00. The number of esters is 1. The van der Waals surface area contributed by atoms with Gasteiger partial charge in [0.1, 0.15) is 34.7 Å². The van der Waals surface area contributed by atoms with Crippen molar-refractivity contribution < 1.29 is 69.4 Å². The molecular weight excluding hydrogens is 600 g/mol. The second kappa shape index (κ2) is 12.0. The first-order chi connectivity index (χ1) is 21.3. The first-order valence-corrected chi connectivity index (χ1v) is 13.3. The molecule has 45 heavy (non-hydrogen) atoms. The Morgan fingerprint density at radius 1 is 0.867 bits per heavy atom. The van der Waals surface area contributed by atoms with E-state index in [1.165, 1.54) is 13.2 Å². The average Bonchev–Trinajstić information content (AvgIpc) is 2.98. The van der Waals surface area contributed by atoms with Gasteiger partial charge in [0.25, 0.3) is 0 Å². The lowest BCUT2D eigenvalue weighted by Gasteiger charge is -2.41. The number of carbonyl (C=O) groups is 1. The van der Waals surface area contributed by atoms with Gasteiger partial charge in [-0.3, -0.25) is 4.79 Å². The van der Waals surface area contributed by atoms with Crippen LogP contribution in [0.1, 0.15) is 16.8 Å². The maximum absolute atomic E-state index is 13.8. The SMILES string of the molecule is COc1c(O)cc(C(=O)OC2C(Oc3c(-c4ccc(O)c(O)c4)oc4cc(O)cc(O)c4c3=O)CC(CO)C(O)C2O)cc1O. The average molecular weight is 629 g/mol. The molecule has 0 spiro atoms. The molecule has 1 heterocycles. The number of phenolic OH excluding ortho intramolecular Hbond substituents is 6. The lowest BCUT2D eigenvalue weighted by molar-refractivity contribution is -0.159. The Kier molecular flexibility index (Phi) is 8.25. The third kappa shape index (κ3) is 5.66. The molecule has 1 aliphatic rings. The molecule has 3 aromatic carbocycles. The van der Waals surface area contributed by atoms with Crippen molar-refractivity contribution in [2.24, 2.45) is 5.92 Å². The summed E-state index contributed by atoms with van der Waals surface area (Å²) >= 11 is 0. The van der Waals surface area contributed by atoms with Crippen LogP contribution in [0.2, 0.25) is 0 Å². The summed E-state index contributed by atoms with van der Waals surface area (Å²) in [6.07, 6.45) is -7.02. The molecule has 9 N–H and O–H groups in total. The third-order valence-corrected chi connectivity index (χ3v) is 7.46. The predicted molar refractivity (Wildman–Crippen MR) is 152 cm³/mol. The number of aromatic hydroxyl groups is 6. The van der Waals surface area contributed by atoms with Crippen LogP contribution in [0.4, 0.5) is 0 Å². The van der Waals surface area contributed by atoms with Gasteiger partial charge in [0.15, 0.2) is 34.9 Å². The minimum Gasteiger partial charge on any atom is -0.508 e. The molecule has 1 aliphatic carbocycles. The summed E-state index contributed by atoms with van der Waals surface area (Å²) < 4.78 is 22.1. The maximum Gasteiger partial charge on any atom is 0.338 e. The maximum atomic E-state index is 13.8. The Bertz CT molecular complexity index is 1810. The molecule has 0 saturated heterocycles. The van der Waals surface area contributed by atoms with Crippen LogP contribution in [0.25, 0.3) is 22.3 Å². The van der Waals surface area contributed by atoms with Gasteiger partial charge < -0.3 is 64.6 Å². The summed E-state index contributed by atoms with van der Waals surface area (Å²) in [5, 5.41) is 91.7. The van der Waals surface area contributed by atoms with Crippen LogP contribution >= 0.6 is 0 Å². The van der Waals surface area contributed by atoms with Crippen LogP contribution in [0, 0.1) is 5.92 Å². The summed E-state index contributed by atoms with van der Waals surface area (Å²) in [6.45, 7) is -0.649. The van der Waals surface area contributed by atoms with Crippen LogP contribution in [-0.4, -0.2) is 90.1 Å². The molecule has 1 aromatic heterocycles. The summed E-state index contributed by atoms with van der Waals surface area (Å²) in [6, 6.07) is 7.13. The molecule has 1 fully saturated rings. The van der Waals surface area contributed by atoms with Crippen molar-refractivity contribution in [1.82, 2.24) is 0 Å². The highest BCUT2D eigenvalue weighted by molar-refractivity contribution is 5.91. The lowest BCUT2D eigenvalue weighted by Crippen LogP contribution is -2.57. The first-order valence-electron chi connectivity index (χ1n) is 13.3. The molecule has 15 nitrogen and oxygen atoms in total. The van der Waals surface area contributed by atoms with E-state index in [2.05, 4.69) is 0 Å². The highest BCUT2D eigenvalue weighted by Gasteiger charge is 2.47. The molecule has 5 unspecified atom stereocenters. The number of hydrogen-bond acceptors (Lipinski definition) is 15. The monoisotopic (exact) mass is 628 g/mol. The van der Waals surface area contributed by atoms with Crippen LogP contribution in [0.5, 0.6) is 46.0 Å². The number of aliphatic hydroxyl groups excluding tert-OH is 3. The highest BCUT2D eigenvalue weighted by atomic mass is 16.6. The standard InChI is InChI=1S/C30H28O15/c1-42-27-18(36)5-12(6-19(27)37)30(41)45-28-21(7-13(10-31)23(38)25(28)40)44-29-24(39)22-17(35)8-14(32)9-20(22)43-26(29)11-2-3-15(33)16(34)4-11/h2-6,8-9,13,21,23,25,28,31-38,40H,7,10H2,1H3. The van der Waals surface area contributed by atoms with E-state index in [9.17, 15) is 55.5 Å². The fourth-order valence-electron chi connectivity index (χ4n) is 5.21. The molecule has 0 amide bonds. The zero-order valence-corrected chi connectivity index (χ0v) is 23.3. The molecular formula is C30H28O15. The topological polar surface area (TPSA) is 257 Å². The van der Waals surface area contributed by atoms with Crippen molar-refractivity contribution in [2.75, 3.05) is 13.7 Å². The molecule has 15 heteroatoms. The minimum absolute atomic E-state index is 0.0186. The van der Waals surface area contributed by atoms with Crippen LogP contribution in [-0.2, 0) is 4.74 Å². The highest BCUT2D eigenvalue weighted by Crippen LogP contribution is 2.41. The van der Waals surface area contributed by atoms with Gasteiger partial charge in [-0.2, -0.15) is 0 Å². The summed E-state index contributed by atoms with van der Waals surface area (Å²) in [5.41, 5.74) is -1.69. The van der Waals surface area contributed by atoms with Gasteiger partial charge in [-0.15, -0.1) is 0 Å². The zero-order valence-electron chi connectivity index (χ0n) is 23.3. The van der Waals surface area contributed by atoms with E-state index in [0.717, 1.165) is 36.4 Å². The molecule has 5 atom stereocenters. The number of carbonyl (C=O) groups excluding carboxylic acids is 1. The van der Waals surface area contributed by atoms with E-state index in [0.29, 0.717) is 0 Å². The molecule has 5 rings (SSSR count). The third-order valence-electron chi connectivity index (χ3n) is 7.46. The second-order valence-corrected chi connectivity index (χ2v) is 10.4. The molecule has 238 valence electrons. The van der Waals surface area contributed by atoms with Gasteiger partial charge in [-0.1, -0.05) is 0 Å². The van der Waals surface area contributed by atoms with Gasteiger partial charge in [-0.05, 0) is 36.8 Å². The fraction of sp³-hybridized carbons (Fsp3) is 0.267. The number of aliphatic hydroxyl groups is 3. The van der Waals surface area contributed by atoms with E-state index in [1.54, 1.807) is 0 Å². The van der Waals surface area contributed by atoms with Crippen molar-refractivity contribution >= 4 is 16.9 Å². The van der Waals surface area contributed by atoms with Crippen molar-refractivity contribution in [3.63, 3.8) is 0 Å². The van der Waals surface area contributed by atoms with E-state index in [1.807, 2.05) is 0 Å². The number of rotatable bonds is 7. The normalized spacial score (nSPS) is 21.4. The largest absolute Gasteiger partial charge is 0.508 e. The Labute approximate surface area is 252 Å². The van der Waals surface area contributed by atoms with Crippen molar-refractivity contribution in [1.29, 1.82) is 0 Å². The Hall–Kier alpha value is -5.38. The molecule has 0 aliphatic heterocycles. The van der Waals surface area contributed by atoms with Gasteiger partial charge >= 0.3 is 5.97 Å². The van der Waals surface area contributed by atoms with Crippen molar-refractivity contribution in [2.45, 2.75) is 30.8 Å². The van der Waals surface area contributed by atoms with Gasteiger partial charge in [0, 0.05) is 30.2 Å². The summed E-state index contributed by atoms with van der Waals surface area (Å²) in [7, 11) is 1.17. The van der Waals surface area contributed by atoms with Crippen LogP contribution in [0.15, 0.2) is 51.7 Å². The molecule has 0 radical (unpaired) electrons. The number of benzene rings is 3. The van der Waals surface area contributed by atoms with Crippen LogP contribution in [0.3, 0.4) is 0 Å². The van der Waals surface area contributed by atoms with Gasteiger partial charge in [0.2, 0.25) is 16.9 Å². The molecule has 0 bridgehead atoms. The quantitative estimate of drug-likeness (QED) is 0.104. The van der Waals surface area contributed by atoms with E-state index >= 15 is 0 Å². The Morgan fingerprint density at radius 2 is 1.56 bits per heavy atom. The fourth-order valence-corrected chi connectivity index (χ4v) is 5.21. The molecule has 4 aromatic rings. The predicted octanol–water partition coefficient (Wildman–Crippen LogP) is 1.41. The van der Waals surface area contributed by atoms with E-state index < -0.39 is 94.0 Å². The smallest absolute Gasteiger partial charge is 0.338 e. The van der Waals surface area contributed by atoms with Crippen LogP contribution < -0.4 is 14.9 Å². The number of ether oxygens (including phenoxy) is 3. The number of hydrogen-bond donors (Lipinski definition) is 9. The van der Waals surface area contributed by atoms with Crippen molar-refractivity contribution in [3.05, 3.63) is 58.3 Å². The van der Waals surface area contributed by atoms with E-state index in [-0.39, 0.29) is 34.6 Å².